The molecule has 1 amide bonds. The van der Waals surface area contributed by atoms with E-state index in [9.17, 15) is 13.2 Å². The summed E-state index contributed by atoms with van der Waals surface area (Å²) >= 11 is 0. The maximum atomic E-state index is 13.1. The molecular weight excluding hydrogens is 422 g/mol. The number of hydrogen-bond acceptors (Lipinski definition) is 4. The van der Waals surface area contributed by atoms with Gasteiger partial charge in [-0.3, -0.25) is 4.79 Å². The number of benzene rings is 2. The van der Waals surface area contributed by atoms with Gasteiger partial charge in [0.15, 0.2) is 0 Å². The summed E-state index contributed by atoms with van der Waals surface area (Å²) in [5.74, 6) is -0.159. The van der Waals surface area contributed by atoms with Crippen LogP contribution in [0.25, 0.3) is 0 Å². The fourth-order valence-electron chi connectivity index (χ4n) is 3.55. The molecular formula is C25H29N3O3S. The number of carbonyl (C=O) groups is 1. The maximum Gasteiger partial charge on any atom is 0.228 e. The highest BCUT2D eigenvalue weighted by molar-refractivity contribution is 7.90. The molecule has 1 aromatic heterocycles. The van der Waals surface area contributed by atoms with Gasteiger partial charge >= 0.3 is 0 Å². The normalized spacial score (nSPS) is 11.5. The van der Waals surface area contributed by atoms with Crippen molar-refractivity contribution in [1.29, 1.82) is 0 Å². The quantitative estimate of drug-likeness (QED) is 0.437. The smallest absolute Gasteiger partial charge is 0.228 e. The zero-order valence-corrected chi connectivity index (χ0v) is 19.3. The molecule has 0 bridgehead atoms. The van der Waals surface area contributed by atoms with Gasteiger partial charge in [0.1, 0.15) is 0 Å². The van der Waals surface area contributed by atoms with Crippen LogP contribution in [0.3, 0.4) is 0 Å². The van der Waals surface area contributed by atoms with E-state index in [2.05, 4.69) is 11.6 Å². The fourth-order valence-corrected chi connectivity index (χ4v) is 5.06. The van der Waals surface area contributed by atoms with E-state index >= 15 is 0 Å². The monoisotopic (exact) mass is 451 g/mol. The van der Waals surface area contributed by atoms with Crippen LogP contribution in [0.15, 0.2) is 84.7 Å². The molecule has 0 aliphatic heterocycles. The zero-order valence-electron chi connectivity index (χ0n) is 18.5. The maximum absolute atomic E-state index is 13.1. The SMILES string of the molecule is C=CCn1c(CN(C(=O)Cc2ccccc2)C(C)C)cnc1S(=O)(=O)Cc1ccccc1. The van der Waals surface area contributed by atoms with Crippen LogP contribution in [-0.4, -0.2) is 34.8 Å². The molecule has 7 heteroatoms. The average molecular weight is 452 g/mol. The number of rotatable bonds is 10. The topological polar surface area (TPSA) is 72.3 Å². The predicted molar refractivity (Wildman–Crippen MR) is 126 cm³/mol. The second kappa shape index (κ2) is 10.4. The Labute approximate surface area is 190 Å². The molecule has 0 unspecified atom stereocenters. The van der Waals surface area contributed by atoms with Gasteiger partial charge < -0.3 is 9.47 Å². The van der Waals surface area contributed by atoms with Crippen molar-refractivity contribution in [3.63, 3.8) is 0 Å². The van der Waals surface area contributed by atoms with Crippen LogP contribution < -0.4 is 0 Å². The Balaban J connectivity index is 1.87. The minimum absolute atomic E-state index is 0.00420. The van der Waals surface area contributed by atoms with Crippen molar-refractivity contribution in [2.75, 3.05) is 0 Å². The largest absolute Gasteiger partial charge is 0.334 e. The summed E-state index contributed by atoms with van der Waals surface area (Å²) in [5.41, 5.74) is 2.30. The molecule has 0 aliphatic rings. The molecule has 168 valence electrons. The second-order valence-electron chi connectivity index (χ2n) is 7.95. The van der Waals surface area contributed by atoms with Gasteiger partial charge in [-0.15, -0.1) is 6.58 Å². The number of carbonyl (C=O) groups excluding carboxylic acids is 1. The van der Waals surface area contributed by atoms with Crippen LogP contribution >= 0.6 is 0 Å². The summed E-state index contributed by atoms with van der Waals surface area (Å²) in [6.07, 6.45) is 3.47. The molecule has 32 heavy (non-hydrogen) atoms. The van der Waals surface area contributed by atoms with Crippen molar-refractivity contribution in [3.8, 4) is 0 Å². The molecule has 0 fully saturated rings. The fraction of sp³-hybridized carbons (Fsp3) is 0.280. The molecule has 6 nitrogen and oxygen atoms in total. The van der Waals surface area contributed by atoms with E-state index in [0.717, 1.165) is 5.56 Å². The molecule has 1 heterocycles. The highest BCUT2D eigenvalue weighted by Crippen LogP contribution is 2.20. The molecule has 0 aliphatic carbocycles. The highest BCUT2D eigenvalue weighted by atomic mass is 32.2. The summed E-state index contributed by atoms with van der Waals surface area (Å²) in [5, 5.41) is -0.00420. The Kier molecular flexibility index (Phi) is 7.64. The number of imidazole rings is 1. The van der Waals surface area contributed by atoms with Gasteiger partial charge in [0.2, 0.25) is 20.9 Å². The first-order chi connectivity index (χ1) is 15.3. The van der Waals surface area contributed by atoms with Crippen molar-refractivity contribution in [3.05, 3.63) is 96.3 Å². The van der Waals surface area contributed by atoms with Crippen LogP contribution in [0, 0.1) is 0 Å². The minimum atomic E-state index is -3.67. The van der Waals surface area contributed by atoms with Crippen LogP contribution in [0.1, 0.15) is 30.7 Å². The molecule has 3 aromatic rings. The Bertz CT molecular complexity index is 1150. The number of sulfone groups is 1. The van der Waals surface area contributed by atoms with Crippen molar-refractivity contribution in [2.24, 2.45) is 0 Å². The number of aromatic nitrogens is 2. The lowest BCUT2D eigenvalue weighted by Crippen LogP contribution is -2.38. The first kappa shape index (κ1) is 23.5. The Morgan fingerprint density at radius 1 is 1.06 bits per heavy atom. The molecule has 0 N–H and O–H groups in total. The summed E-state index contributed by atoms with van der Waals surface area (Å²) in [6.45, 7) is 8.22. The van der Waals surface area contributed by atoms with Gasteiger partial charge in [-0.2, -0.15) is 0 Å². The molecule has 2 aromatic carbocycles. The van der Waals surface area contributed by atoms with E-state index in [4.69, 9.17) is 0 Å². The van der Waals surface area contributed by atoms with Gasteiger partial charge in [0.25, 0.3) is 0 Å². The third-order valence-electron chi connectivity index (χ3n) is 5.17. The molecule has 0 atom stereocenters. The molecule has 0 spiro atoms. The summed E-state index contributed by atoms with van der Waals surface area (Å²) < 4.78 is 27.8. The molecule has 0 radical (unpaired) electrons. The first-order valence-corrected chi connectivity index (χ1v) is 12.2. The van der Waals surface area contributed by atoms with Gasteiger partial charge in [0, 0.05) is 12.6 Å². The van der Waals surface area contributed by atoms with Gasteiger partial charge in [-0.05, 0) is 25.0 Å². The number of amides is 1. The molecule has 3 rings (SSSR count). The Morgan fingerprint density at radius 3 is 2.22 bits per heavy atom. The summed E-state index contributed by atoms with van der Waals surface area (Å²) in [6, 6.07) is 18.6. The van der Waals surface area contributed by atoms with E-state index in [1.54, 1.807) is 33.9 Å². The highest BCUT2D eigenvalue weighted by Gasteiger charge is 2.26. The number of hydrogen-bond donors (Lipinski definition) is 0. The number of allylic oxidation sites excluding steroid dienone is 1. The Hall–Kier alpha value is -3.19. The van der Waals surface area contributed by atoms with Crippen molar-refractivity contribution in [1.82, 2.24) is 14.5 Å². The van der Waals surface area contributed by atoms with Crippen molar-refractivity contribution < 1.29 is 13.2 Å². The number of nitrogens with zero attached hydrogens (tertiary/aromatic N) is 3. The van der Waals surface area contributed by atoms with Gasteiger partial charge in [-0.1, -0.05) is 66.7 Å². The van der Waals surface area contributed by atoms with E-state index in [1.807, 2.05) is 62.4 Å². The zero-order chi connectivity index (χ0) is 23.1. The van der Waals surface area contributed by atoms with E-state index < -0.39 is 9.84 Å². The third-order valence-corrected chi connectivity index (χ3v) is 6.76. The van der Waals surface area contributed by atoms with Crippen LogP contribution in [0.5, 0.6) is 0 Å². The van der Waals surface area contributed by atoms with Crippen molar-refractivity contribution >= 4 is 15.7 Å². The summed E-state index contributed by atoms with van der Waals surface area (Å²) in [7, 11) is -3.67. The van der Waals surface area contributed by atoms with Crippen molar-refractivity contribution in [2.45, 2.75) is 50.3 Å². The van der Waals surface area contributed by atoms with Crippen LogP contribution in [-0.2, 0) is 39.9 Å². The predicted octanol–water partition coefficient (Wildman–Crippen LogP) is 4.02. The van der Waals surface area contributed by atoms with E-state index in [-0.39, 0.29) is 42.4 Å². The summed E-state index contributed by atoms with van der Waals surface area (Å²) in [4.78, 5) is 19.0. The second-order valence-corrected chi connectivity index (χ2v) is 9.84. The lowest BCUT2D eigenvalue weighted by molar-refractivity contribution is -0.132. The first-order valence-electron chi connectivity index (χ1n) is 10.6. The third kappa shape index (κ3) is 5.73. The standard InChI is InChI=1S/C25H29N3O3S/c1-4-15-27-23(17-26-25(27)32(30,31)19-22-13-9-6-10-14-22)18-28(20(2)3)24(29)16-21-11-7-5-8-12-21/h4-14,17,20H,1,15-16,18-19H2,2-3H3. The molecule has 0 saturated heterocycles. The van der Waals surface area contributed by atoms with Crippen LogP contribution in [0.4, 0.5) is 0 Å². The lowest BCUT2D eigenvalue weighted by atomic mass is 10.1. The Morgan fingerprint density at radius 2 is 1.66 bits per heavy atom. The van der Waals surface area contributed by atoms with Gasteiger partial charge in [-0.25, -0.2) is 13.4 Å². The lowest BCUT2D eigenvalue weighted by Gasteiger charge is -2.27. The average Bonchev–Trinajstić information content (AvgIpc) is 3.16. The van der Waals surface area contributed by atoms with Crippen LogP contribution in [0.2, 0.25) is 0 Å². The minimum Gasteiger partial charge on any atom is -0.334 e. The molecule has 0 saturated carbocycles. The van der Waals surface area contributed by atoms with Gasteiger partial charge in [0.05, 0.1) is 30.6 Å². The van der Waals surface area contributed by atoms with E-state index in [1.165, 1.54) is 0 Å². The van der Waals surface area contributed by atoms with E-state index in [0.29, 0.717) is 11.3 Å².